The van der Waals surface area contributed by atoms with Crippen LogP contribution in [0.25, 0.3) is 0 Å². The molecular weight excluding hydrogens is 242 g/mol. The predicted molar refractivity (Wildman–Crippen MR) is 81.4 cm³/mol. The Morgan fingerprint density at radius 2 is 2.06 bits per heavy atom. The van der Waals surface area contributed by atoms with Crippen molar-refractivity contribution in [3.8, 4) is 0 Å². The van der Waals surface area contributed by atoms with E-state index in [0.29, 0.717) is 12.0 Å². The fraction of sp³-hybridized carbons (Fsp3) is 1.00. The van der Waals surface area contributed by atoms with Crippen molar-refractivity contribution in [1.29, 1.82) is 0 Å². The minimum absolute atomic E-state index is 0.585. The standard InChI is InChI=1S/C15H31NOS/c1-4-10-16-15-7-5-6-14(15)9-12-18(17)11-8-13(2)3/h13-16H,4-12H2,1-3H3. The molecule has 3 unspecified atom stereocenters. The summed E-state index contributed by atoms with van der Waals surface area (Å²) in [6.45, 7) is 7.77. The summed E-state index contributed by atoms with van der Waals surface area (Å²) in [6.07, 6.45) is 7.49. The molecule has 108 valence electrons. The number of rotatable bonds is 9. The van der Waals surface area contributed by atoms with E-state index < -0.39 is 10.8 Å². The molecule has 0 amide bonds. The highest BCUT2D eigenvalue weighted by atomic mass is 32.2. The molecule has 1 aliphatic rings. The molecule has 1 aliphatic carbocycles. The Morgan fingerprint density at radius 1 is 1.28 bits per heavy atom. The van der Waals surface area contributed by atoms with E-state index in [0.717, 1.165) is 36.8 Å². The van der Waals surface area contributed by atoms with Gasteiger partial charge in [0, 0.05) is 28.3 Å². The zero-order valence-electron chi connectivity index (χ0n) is 12.4. The van der Waals surface area contributed by atoms with E-state index >= 15 is 0 Å². The quantitative estimate of drug-likeness (QED) is 0.698. The van der Waals surface area contributed by atoms with Crippen LogP contribution in [0.3, 0.4) is 0 Å². The van der Waals surface area contributed by atoms with Gasteiger partial charge in [0.15, 0.2) is 0 Å². The Bertz CT molecular complexity index is 243. The first kappa shape index (κ1) is 16.2. The molecule has 18 heavy (non-hydrogen) atoms. The molecule has 0 aromatic heterocycles. The monoisotopic (exact) mass is 273 g/mol. The second-order valence-electron chi connectivity index (χ2n) is 6.07. The highest BCUT2D eigenvalue weighted by Crippen LogP contribution is 2.28. The predicted octanol–water partition coefficient (Wildman–Crippen LogP) is 3.34. The number of hydrogen-bond acceptors (Lipinski definition) is 2. The Hall–Kier alpha value is 0.110. The van der Waals surface area contributed by atoms with Gasteiger partial charge in [-0.1, -0.05) is 27.2 Å². The lowest BCUT2D eigenvalue weighted by atomic mass is 10.0. The number of hydrogen-bond donors (Lipinski definition) is 1. The van der Waals surface area contributed by atoms with Gasteiger partial charge in [0.2, 0.25) is 0 Å². The Labute approximate surface area is 116 Å². The van der Waals surface area contributed by atoms with E-state index in [1.807, 2.05) is 0 Å². The molecule has 1 N–H and O–H groups in total. The van der Waals surface area contributed by atoms with Crippen molar-refractivity contribution in [2.24, 2.45) is 11.8 Å². The van der Waals surface area contributed by atoms with Crippen LogP contribution in [0.2, 0.25) is 0 Å². The molecule has 0 spiro atoms. The largest absolute Gasteiger partial charge is 0.314 e. The lowest BCUT2D eigenvalue weighted by Crippen LogP contribution is -2.33. The molecule has 0 heterocycles. The molecule has 1 saturated carbocycles. The van der Waals surface area contributed by atoms with E-state index in [2.05, 4.69) is 26.1 Å². The SMILES string of the molecule is CCCNC1CCCC1CCS(=O)CCC(C)C. The normalized spacial score (nSPS) is 25.8. The van der Waals surface area contributed by atoms with E-state index in [1.54, 1.807) is 0 Å². The molecular formula is C15H31NOS. The fourth-order valence-corrected chi connectivity index (χ4v) is 4.24. The zero-order valence-corrected chi connectivity index (χ0v) is 13.2. The second-order valence-corrected chi connectivity index (χ2v) is 7.77. The molecule has 0 radical (unpaired) electrons. The first-order valence-corrected chi connectivity index (χ1v) is 9.20. The molecule has 0 aromatic rings. The van der Waals surface area contributed by atoms with Crippen LogP contribution in [0.1, 0.15) is 59.3 Å². The third-order valence-electron chi connectivity index (χ3n) is 3.95. The smallest absolute Gasteiger partial charge is 0.0238 e. The summed E-state index contributed by atoms with van der Waals surface area (Å²) in [5, 5.41) is 3.66. The summed E-state index contributed by atoms with van der Waals surface area (Å²) in [7, 11) is -0.585. The molecule has 0 aromatic carbocycles. The molecule has 0 aliphatic heterocycles. The molecule has 3 heteroatoms. The summed E-state index contributed by atoms with van der Waals surface area (Å²) < 4.78 is 11.9. The van der Waals surface area contributed by atoms with Crippen LogP contribution in [0.15, 0.2) is 0 Å². The summed E-state index contributed by atoms with van der Waals surface area (Å²) in [5.74, 6) is 3.28. The Balaban J connectivity index is 2.18. The molecule has 1 fully saturated rings. The summed E-state index contributed by atoms with van der Waals surface area (Å²) >= 11 is 0. The average molecular weight is 273 g/mol. The zero-order chi connectivity index (χ0) is 13.4. The summed E-state index contributed by atoms with van der Waals surface area (Å²) in [5.41, 5.74) is 0. The lowest BCUT2D eigenvalue weighted by Gasteiger charge is -2.20. The van der Waals surface area contributed by atoms with E-state index in [9.17, 15) is 4.21 Å². The molecule has 3 atom stereocenters. The van der Waals surface area contributed by atoms with Gasteiger partial charge in [-0.2, -0.15) is 0 Å². The van der Waals surface area contributed by atoms with Crippen molar-refractivity contribution in [2.75, 3.05) is 18.1 Å². The first-order valence-electron chi connectivity index (χ1n) is 7.71. The average Bonchev–Trinajstić information content (AvgIpc) is 2.78. The number of nitrogens with one attached hydrogen (secondary N) is 1. The molecule has 0 saturated heterocycles. The van der Waals surface area contributed by atoms with Crippen LogP contribution in [0.5, 0.6) is 0 Å². The minimum Gasteiger partial charge on any atom is -0.314 e. The van der Waals surface area contributed by atoms with Crippen molar-refractivity contribution in [1.82, 2.24) is 5.32 Å². The maximum Gasteiger partial charge on any atom is 0.0238 e. The van der Waals surface area contributed by atoms with Crippen LogP contribution in [0, 0.1) is 11.8 Å². The highest BCUT2D eigenvalue weighted by molar-refractivity contribution is 7.84. The van der Waals surface area contributed by atoms with E-state index in [-0.39, 0.29) is 0 Å². The van der Waals surface area contributed by atoms with Gasteiger partial charge in [-0.3, -0.25) is 4.21 Å². The highest BCUT2D eigenvalue weighted by Gasteiger charge is 2.26. The molecule has 0 bridgehead atoms. The summed E-state index contributed by atoms with van der Waals surface area (Å²) in [6, 6.07) is 0.701. The van der Waals surface area contributed by atoms with Crippen LogP contribution in [-0.4, -0.2) is 28.3 Å². The van der Waals surface area contributed by atoms with Gasteiger partial charge in [-0.05, 0) is 50.5 Å². The van der Waals surface area contributed by atoms with Crippen LogP contribution < -0.4 is 5.32 Å². The van der Waals surface area contributed by atoms with Crippen molar-refractivity contribution in [2.45, 2.75) is 65.3 Å². The lowest BCUT2D eigenvalue weighted by molar-refractivity contribution is 0.392. The van der Waals surface area contributed by atoms with Crippen LogP contribution in [0.4, 0.5) is 0 Å². The van der Waals surface area contributed by atoms with Crippen molar-refractivity contribution in [3.05, 3.63) is 0 Å². The van der Waals surface area contributed by atoms with Gasteiger partial charge in [0.25, 0.3) is 0 Å². The van der Waals surface area contributed by atoms with E-state index in [4.69, 9.17) is 0 Å². The minimum atomic E-state index is -0.585. The van der Waals surface area contributed by atoms with Gasteiger partial charge in [0.05, 0.1) is 0 Å². The maximum atomic E-state index is 11.9. The van der Waals surface area contributed by atoms with Gasteiger partial charge >= 0.3 is 0 Å². The molecule has 1 rings (SSSR count). The van der Waals surface area contributed by atoms with E-state index in [1.165, 1.54) is 25.7 Å². The van der Waals surface area contributed by atoms with Gasteiger partial charge < -0.3 is 5.32 Å². The third-order valence-corrected chi connectivity index (χ3v) is 5.34. The van der Waals surface area contributed by atoms with Gasteiger partial charge in [0.1, 0.15) is 0 Å². The first-order chi connectivity index (χ1) is 8.63. The van der Waals surface area contributed by atoms with Crippen molar-refractivity contribution >= 4 is 10.8 Å². The topological polar surface area (TPSA) is 29.1 Å². The third kappa shape index (κ3) is 6.33. The van der Waals surface area contributed by atoms with Gasteiger partial charge in [-0.25, -0.2) is 0 Å². The maximum absolute atomic E-state index is 11.9. The van der Waals surface area contributed by atoms with Crippen molar-refractivity contribution in [3.63, 3.8) is 0 Å². The summed E-state index contributed by atoms with van der Waals surface area (Å²) in [4.78, 5) is 0. The van der Waals surface area contributed by atoms with Crippen molar-refractivity contribution < 1.29 is 4.21 Å². The Morgan fingerprint density at radius 3 is 2.72 bits per heavy atom. The molecule has 2 nitrogen and oxygen atoms in total. The second kappa shape index (κ2) is 9.08. The van der Waals surface area contributed by atoms with Crippen LogP contribution >= 0.6 is 0 Å². The fourth-order valence-electron chi connectivity index (χ4n) is 2.73. The Kier molecular flexibility index (Phi) is 8.16. The van der Waals surface area contributed by atoms with Crippen LogP contribution in [-0.2, 0) is 10.8 Å². The van der Waals surface area contributed by atoms with Gasteiger partial charge in [-0.15, -0.1) is 0 Å².